The van der Waals surface area contributed by atoms with E-state index in [0.29, 0.717) is 13.1 Å². The van der Waals surface area contributed by atoms with Gasteiger partial charge in [0.1, 0.15) is 0 Å². The van der Waals surface area contributed by atoms with Crippen molar-refractivity contribution in [3.05, 3.63) is 33.5 Å². The van der Waals surface area contributed by atoms with Crippen molar-refractivity contribution in [2.24, 2.45) is 0 Å². The minimum absolute atomic E-state index is 0.0712. The van der Waals surface area contributed by atoms with Crippen LogP contribution in [0.5, 0.6) is 0 Å². The number of nitrogens with zero attached hydrogens (tertiary/aromatic N) is 2. The topological polar surface area (TPSA) is 52.7 Å². The molecule has 0 spiro atoms. The molecule has 7 heteroatoms. The van der Waals surface area contributed by atoms with Crippen LogP contribution in [0.2, 0.25) is 0 Å². The molecule has 2 amide bonds. The molecule has 5 nitrogen and oxygen atoms in total. The SMILES string of the molecule is C=CCN(CC(=O)N(C)CC(=O)NC)Cc1ccc(Br)s1. The average molecular weight is 374 g/mol. The number of hydrogen-bond acceptors (Lipinski definition) is 4. The van der Waals surface area contributed by atoms with Crippen molar-refractivity contribution in [2.45, 2.75) is 6.54 Å². The molecule has 1 heterocycles. The summed E-state index contributed by atoms with van der Waals surface area (Å²) in [6.45, 7) is 5.36. The Kier molecular flexibility index (Phi) is 7.63. The van der Waals surface area contributed by atoms with Gasteiger partial charge in [0, 0.05) is 32.1 Å². The van der Waals surface area contributed by atoms with Crippen molar-refractivity contribution in [1.29, 1.82) is 0 Å². The standard InChI is InChI=1S/C14H20BrN3O2S/c1-4-7-18(8-11-5-6-12(15)21-11)10-14(20)17(3)9-13(19)16-2/h4-6H,1,7-10H2,2-3H3,(H,16,19). The summed E-state index contributed by atoms with van der Waals surface area (Å²) in [5.74, 6) is -0.264. The highest BCUT2D eigenvalue weighted by molar-refractivity contribution is 9.11. The van der Waals surface area contributed by atoms with Gasteiger partial charge in [0.15, 0.2) is 0 Å². The van der Waals surface area contributed by atoms with Gasteiger partial charge in [-0.3, -0.25) is 14.5 Å². The van der Waals surface area contributed by atoms with E-state index < -0.39 is 0 Å². The van der Waals surface area contributed by atoms with E-state index in [1.807, 2.05) is 17.0 Å². The van der Waals surface area contributed by atoms with Crippen LogP contribution in [-0.4, -0.2) is 55.3 Å². The first-order chi connectivity index (χ1) is 9.96. The Balaban J connectivity index is 2.58. The number of hydrogen-bond donors (Lipinski definition) is 1. The largest absolute Gasteiger partial charge is 0.358 e. The molecule has 0 fully saturated rings. The van der Waals surface area contributed by atoms with E-state index in [0.717, 1.165) is 3.79 Å². The monoisotopic (exact) mass is 373 g/mol. The van der Waals surface area contributed by atoms with Crippen molar-refractivity contribution in [1.82, 2.24) is 15.1 Å². The molecule has 1 aromatic heterocycles. The van der Waals surface area contributed by atoms with Crippen LogP contribution in [0.15, 0.2) is 28.6 Å². The number of thiophene rings is 1. The first-order valence-corrected chi connectivity index (χ1v) is 8.09. The quantitative estimate of drug-likeness (QED) is 0.705. The third-order valence-corrected chi connectivity index (χ3v) is 4.45. The maximum absolute atomic E-state index is 12.1. The normalized spacial score (nSPS) is 10.5. The van der Waals surface area contributed by atoms with E-state index in [4.69, 9.17) is 0 Å². The zero-order valence-corrected chi connectivity index (χ0v) is 14.7. The van der Waals surface area contributed by atoms with Gasteiger partial charge in [-0.15, -0.1) is 17.9 Å². The lowest BCUT2D eigenvalue weighted by molar-refractivity contribution is -0.135. The fourth-order valence-electron chi connectivity index (χ4n) is 1.72. The number of nitrogens with one attached hydrogen (secondary N) is 1. The van der Waals surface area contributed by atoms with E-state index in [-0.39, 0.29) is 24.9 Å². The van der Waals surface area contributed by atoms with Crippen LogP contribution in [0.3, 0.4) is 0 Å². The van der Waals surface area contributed by atoms with E-state index >= 15 is 0 Å². The summed E-state index contributed by atoms with van der Waals surface area (Å²) >= 11 is 5.07. The van der Waals surface area contributed by atoms with Gasteiger partial charge >= 0.3 is 0 Å². The predicted octanol–water partition coefficient (Wildman–Crippen LogP) is 1.70. The lowest BCUT2D eigenvalue weighted by atomic mass is 10.3. The highest BCUT2D eigenvalue weighted by Crippen LogP contribution is 2.23. The molecule has 1 N–H and O–H groups in total. The second kappa shape index (κ2) is 8.96. The third kappa shape index (κ3) is 6.41. The number of carbonyl (C=O) groups excluding carboxylic acids is 2. The molecule has 0 aliphatic rings. The van der Waals surface area contributed by atoms with Crippen LogP contribution < -0.4 is 5.32 Å². The van der Waals surface area contributed by atoms with Crippen LogP contribution in [-0.2, 0) is 16.1 Å². The van der Waals surface area contributed by atoms with Gasteiger partial charge in [0.25, 0.3) is 0 Å². The first kappa shape index (κ1) is 17.9. The van der Waals surface area contributed by atoms with E-state index in [9.17, 15) is 9.59 Å². The fraction of sp³-hybridized carbons (Fsp3) is 0.429. The number of carbonyl (C=O) groups is 2. The molecule has 0 bridgehead atoms. The van der Waals surface area contributed by atoms with Crippen molar-refractivity contribution in [3.63, 3.8) is 0 Å². The molecular weight excluding hydrogens is 354 g/mol. The molecule has 1 rings (SSSR count). The Morgan fingerprint density at radius 2 is 2.14 bits per heavy atom. The summed E-state index contributed by atoms with van der Waals surface area (Å²) in [4.78, 5) is 28.0. The zero-order valence-electron chi connectivity index (χ0n) is 12.3. The maximum Gasteiger partial charge on any atom is 0.239 e. The zero-order chi connectivity index (χ0) is 15.8. The Morgan fingerprint density at radius 1 is 1.43 bits per heavy atom. The van der Waals surface area contributed by atoms with Crippen molar-refractivity contribution < 1.29 is 9.59 Å². The highest BCUT2D eigenvalue weighted by atomic mass is 79.9. The molecule has 0 aliphatic heterocycles. The van der Waals surface area contributed by atoms with Crippen LogP contribution >= 0.6 is 27.3 Å². The van der Waals surface area contributed by atoms with Gasteiger partial charge in [-0.2, -0.15) is 0 Å². The fourth-order valence-corrected chi connectivity index (χ4v) is 3.24. The summed E-state index contributed by atoms with van der Waals surface area (Å²) < 4.78 is 1.07. The predicted molar refractivity (Wildman–Crippen MR) is 89.2 cm³/mol. The summed E-state index contributed by atoms with van der Waals surface area (Å²) in [6.07, 6.45) is 1.77. The lowest BCUT2D eigenvalue weighted by Gasteiger charge is -2.23. The molecule has 0 aliphatic carbocycles. The van der Waals surface area contributed by atoms with Gasteiger partial charge in [0.05, 0.1) is 16.9 Å². The first-order valence-electron chi connectivity index (χ1n) is 6.48. The molecule has 0 unspecified atom stereocenters. The van der Waals surface area contributed by atoms with E-state index in [2.05, 4.69) is 27.8 Å². The number of likely N-dealkylation sites (N-methyl/N-ethyl adjacent to an activating group) is 2. The molecule has 0 atom stereocenters. The Morgan fingerprint density at radius 3 is 2.67 bits per heavy atom. The molecular formula is C14H20BrN3O2S. The maximum atomic E-state index is 12.1. The van der Waals surface area contributed by atoms with E-state index in [1.54, 1.807) is 31.5 Å². The minimum atomic E-state index is -0.177. The molecule has 21 heavy (non-hydrogen) atoms. The second-order valence-electron chi connectivity index (χ2n) is 4.59. The summed E-state index contributed by atoms with van der Waals surface area (Å²) in [5, 5.41) is 2.51. The number of halogens is 1. The summed E-state index contributed by atoms with van der Waals surface area (Å²) in [6, 6.07) is 4.02. The Hall–Kier alpha value is -1.18. The third-order valence-electron chi connectivity index (χ3n) is 2.84. The number of rotatable bonds is 8. The van der Waals surface area contributed by atoms with E-state index in [1.165, 1.54) is 9.78 Å². The van der Waals surface area contributed by atoms with Crippen molar-refractivity contribution in [2.75, 3.05) is 33.7 Å². The number of amides is 2. The molecule has 1 aromatic rings. The van der Waals surface area contributed by atoms with Gasteiger partial charge in [0.2, 0.25) is 11.8 Å². The van der Waals surface area contributed by atoms with Gasteiger partial charge in [-0.1, -0.05) is 6.08 Å². The average Bonchev–Trinajstić information content (AvgIpc) is 2.84. The van der Waals surface area contributed by atoms with Gasteiger partial charge in [-0.25, -0.2) is 0 Å². The van der Waals surface area contributed by atoms with Crippen molar-refractivity contribution >= 4 is 39.1 Å². The van der Waals surface area contributed by atoms with Crippen molar-refractivity contribution in [3.8, 4) is 0 Å². The molecule has 0 saturated heterocycles. The van der Waals surface area contributed by atoms with Gasteiger partial charge in [-0.05, 0) is 28.1 Å². The van der Waals surface area contributed by atoms with Crippen LogP contribution in [0.25, 0.3) is 0 Å². The Labute approximate surface area is 137 Å². The minimum Gasteiger partial charge on any atom is -0.358 e. The molecule has 0 radical (unpaired) electrons. The molecule has 0 saturated carbocycles. The smallest absolute Gasteiger partial charge is 0.239 e. The second-order valence-corrected chi connectivity index (χ2v) is 7.13. The molecule has 116 valence electrons. The Bertz CT molecular complexity index is 504. The van der Waals surface area contributed by atoms with Crippen LogP contribution in [0.1, 0.15) is 4.88 Å². The summed E-state index contributed by atoms with van der Waals surface area (Å²) in [7, 11) is 3.19. The highest BCUT2D eigenvalue weighted by Gasteiger charge is 2.16. The molecule has 0 aromatic carbocycles. The lowest BCUT2D eigenvalue weighted by Crippen LogP contribution is -2.42. The van der Waals surface area contributed by atoms with Crippen LogP contribution in [0.4, 0.5) is 0 Å². The summed E-state index contributed by atoms with van der Waals surface area (Å²) in [5.41, 5.74) is 0. The van der Waals surface area contributed by atoms with Gasteiger partial charge < -0.3 is 10.2 Å². The van der Waals surface area contributed by atoms with Crippen LogP contribution in [0, 0.1) is 0 Å².